The lowest BCUT2D eigenvalue weighted by molar-refractivity contribution is 0.321. The summed E-state index contributed by atoms with van der Waals surface area (Å²) in [4.78, 5) is 2.21. The molecule has 1 aliphatic rings. The minimum Gasteiger partial charge on any atom is -0.326 e. The standard InChI is InChI=1S/C12H17FN2/c1-9-3-2-4-10(12(9)13)7-15-6-5-11(14)8-15/h2-4,11H,5-8,14H2,1H3/t11-/m1/s1. The van der Waals surface area contributed by atoms with Crippen molar-refractivity contribution in [3.8, 4) is 0 Å². The van der Waals surface area contributed by atoms with E-state index in [2.05, 4.69) is 4.90 Å². The molecule has 0 unspecified atom stereocenters. The van der Waals surface area contributed by atoms with Gasteiger partial charge in [-0.2, -0.15) is 0 Å². The van der Waals surface area contributed by atoms with Gasteiger partial charge in [0.25, 0.3) is 0 Å². The average molecular weight is 208 g/mol. The summed E-state index contributed by atoms with van der Waals surface area (Å²) in [6, 6.07) is 5.82. The summed E-state index contributed by atoms with van der Waals surface area (Å²) in [6.07, 6.45) is 1.02. The van der Waals surface area contributed by atoms with Gasteiger partial charge >= 0.3 is 0 Å². The molecule has 1 fully saturated rings. The lowest BCUT2D eigenvalue weighted by atomic mass is 10.1. The Labute approximate surface area is 89.9 Å². The zero-order chi connectivity index (χ0) is 10.8. The highest BCUT2D eigenvalue weighted by Crippen LogP contribution is 2.16. The largest absolute Gasteiger partial charge is 0.326 e. The van der Waals surface area contributed by atoms with Gasteiger partial charge in [-0.25, -0.2) is 4.39 Å². The Morgan fingerprint density at radius 1 is 1.53 bits per heavy atom. The fourth-order valence-corrected chi connectivity index (χ4v) is 2.08. The molecule has 0 aliphatic carbocycles. The number of halogens is 1. The van der Waals surface area contributed by atoms with Gasteiger partial charge in [0.1, 0.15) is 5.82 Å². The van der Waals surface area contributed by atoms with Crippen LogP contribution in [0.1, 0.15) is 17.5 Å². The van der Waals surface area contributed by atoms with E-state index < -0.39 is 0 Å². The van der Waals surface area contributed by atoms with Crippen LogP contribution in [0.3, 0.4) is 0 Å². The Morgan fingerprint density at radius 3 is 3.00 bits per heavy atom. The van der Waals surface area contributed by atoms with Crippen LogP contribution in [0.25, 0.3) is 0 Å². The molecule has 0 spiro atoms. The fourth-order valence-electron chi connectivity index (χ4n) is 2.08. The maximum Gasteiger partial charge on any atom is 0.130 e. The first-order valence-corrected chi connectivity index (χ1v) is 5.39. The molecule has 1 aromatic rings. The summed E-state index contributed by atoms with van der Waals surface area (Å²) in [5, 5.41) is 0. The molecule has 2 rings (SSSR count). The highest BCUT2D eigenvalue weighted by molar-refractivity contribution is 5.24. The summed E-state index contributed by atoms with van der Waals surface area (Å²) in [5.74, 6) is -0.0713. The zero-order valence-corrected chi connectivity index (χ0v) is 9.04. The van der Waals surface area contributed by atoms with E-state index in [9.17, 15) is 4.39 Å². The van der Waals surface area contributed by atoms with Crippen LogP contribution in [0.15, 0.2) is 18.2 Å². The summed E-state index contributed by atoms with van der Waals surface area (Å²) in [6.45, 7) is 4.34. The predicted octanol–water partition coefficient (Wildman–Crippen LogP) is 1.67. The van der Waals surface area contributed by atoms with E-state index in [1.54, 1.807) is 13.0 Å². The zero-order valence-electron chi connectivity index (χ0n) is 9.04. The number of benzene rings is 1. The second kappa shape index (κ2) is 4.29. The molecule has 1 saturated heterocycles. The third kappa shape index (κ3) is 2.36. The summed E-state index contributed by atoms with van der Waals surface area (Å²) in [7, 11) is 0. The number of aryl methyl sites for hydroxylation is 1. The Hall–Kier alpha value is -0.930. The molecule has 0 amide bonds. The smallest absolute Gasteiger partial charge is 0.130 e. The molecule has 2 nitrogen and oxygen atoms in total. The fraction of sp³-hybridized carbons (Fsp3) is 0.500. The molecule has 1 heterocycles. The Kier molecular flexibility index (Phi) is 3.03. The molecule has 1 aliphatic heterocycles. The molecule has 0 saturated carbocycles. The van der Waals surface area contributed by atoms with Crippen molar-refractivity contribution in [2.45, 2.75) is 25.9 Å². The minimum absolute atomic E-state index is 0.0713. The van der Waals surface area contributed by atoms with Crippen molar-refractivity contribution in [3.63, 3.8) is 0 Å². The van der Waals surface area contributed by atoms with E-state index in [1.807, 2.05) is 12.1 Å². The maximum atomic E-state index is 13.7. The van der Waals surface area contributed by atoms with Crippen LogP contribution in [-0.2, 0) is 6.54 Å². The molecule has 2 N–H and O–H groups in total. The van der Waals surface area contributed by atoms with Crippen LogP contribution in [0, 0.1) is 12.7 Å². The SMILES string of the molecule is Cc1cccc(CN2CC[C@@H](N)C2)c1F. The normalized spacial score (nSPS) is 22.2. The van der Waals surface area contributed by atoms with Crippen LogP contribution >= 0.6 is 0 Å². The molecular formula is C12H17FN2. The van der Waals surface area contributed by atoms with Gasteiger partial charge in [-0.05, 0) is 18.9 Å². The van der Waals surface area contributed by atoms with E-state index in [0.29, 0.717) is 6.54 Å². The number of nitrogens with two attached hydrogens (primary N) is 1. The quantitative estimate of drug-likeness (QED) is 0.801. The molecular weight excluding hydrogens is 191 g/mol. The predicted molar refractivity (Wildman–Crippen MR) is 59.0 cm³/mol. The van der Waals surface area contributed by atoms with Crippen molar-refractivity contribution < 1.29 is 4.39 Å². The Morgan fingerprint density at radius 2 is 2.33 bits per heavy atom. The lowest BCUT2D eigenvalue weighted by Crippen LogP contribution is -2.26. The number of hydrogen-bond donors (Lipinski definition) is 1. The number of nitrogens with zero attached hydrogens (tertiary/aromatic N) is 1. The van der Waals surface area contributed by atoms with Crippen molar-refractivity contribution in [2.24, 2.45) is 5.73 Å². The second-order valence-corrected chi connectivity index (χ2v) is 4.33. The molecule has 82 valence electrons. The Balaban J connectivity index is 2.07. The molecule has 0 aromatic heterocycles. The number of rotatable bonds is 2. The molecule has 3 heteroatoms. The van der Waals surface area contributed by atoms with E-state index in [4.69, 9.17) is 5.73 Å². The van der Waals surface area contributed by atoms with E-state index >= 15 is 0 Å². The third-order valence-corrected chi connectivity index (χ3v) is 2.97. The van der Waals surface area contributed by atoms with Crippen molar-refractivity contribution >= 4 is 0 Å². The van der Waals surface area contributed by atoms with Gasteiger partial charge in [0, 0.05) is 31.2 Å². The molecule has 15 heavy (non-hydrogen) atoms. The van der Waals surface area contributed by atoms with Gasteiger partial charge in [0.05, 0.1) is 0 Å². The topological polar surface area (TPSA) is 29.3 Å². The second-order valence-electron chi connectivity index (χ2n) is 4.33. The van der Waals surface area contributed by atoms with Crippen LogP contribution in [-0.4, -0.2) is 24.0 Å². The van der Waals surface area contributed by atoms with Crippen molar-refractivity contribution in [1.29, 1.82) is 0 Å². The highest BCUT2D eigenvalue weighted by Gasteiger charge is 2.20. The van der Waals surface area contributed by atoms with Crippen LogP contribution in [0.5, 0.6) is 0 Å². The van der Waals surface area contributed by atoms with Gasteiger partial charge in [-0.1, -0.05) is 18.2 Å². The molecule has 1 aromatic carbocycles. The van der Waals surface area contributed by atoms with Gasteiger partial charge in [-0.3, -0.25) is 4.90 Å². The van der Waals surface area contributed by atoms with Gasteiger partial charge in [-0.15, -0.1) is 0 Å². The molecule has 1 atom stereocenters. The van der Waals surface area contributed by atoms with E-state index in [1.165, 1.54) is 0 Å². The van der Waals surface area contributed by atoms with Crippen molar-refractivity contribution in [1.82, 2.24) is 4.90 Å². The van der Waals surface area contributed by atoms with E-state index in [0.717, 1.165) is 30.6 Å². The highest BCUT2D eigenvalue weighted by atomic mass is 19.1. The maximum absolute atomic E-state index is 13.7. The molecule has 0 radical (unpaired) electrons. The first kappa shape index (κ1) is 10.6. The first-order valence-electron chi connectivity index (χ1n) is 5.39. The summed E-state index contributed by atoms with van der Waals surface area (Å²) >= 11 is 0. The number of hydrogen-bond acceptors (Lipinski definition) is 2. The monoisotopic (exact) mass is 208 g/mol. The van der Waals surface area contributed by atoms with Crippen LogP contribution in [0.2, 0.25) is 0 Å². The van der Waals surface area contributed by atoms with Gasteiger partial charge < -0.3 is 5.73 Å². The lowest BCUT2D eigenvalue weighted by Gasteiger charge is -2.16. The Bertz CT molecular complexity index is 351. The van der Waals surface area contributed by atoms with E-state index in [-0.39, 0.29) is 11.9 Å². The van der Waals surface area contributed by atoms with Crippen LogP contribution < -0.4 is 5.73 Å². The summed E-state index contributed by atoms with van der Waals surface area (Å²) in [5.41, 5.74) is 7.31. The average Bonchev–Trinajstić information content (AvgIpc) is 2.59. The van der Waals surface area contributed by atoms with Crippen molar-refractivity contribution in [3.05, 3.63) is 35.1 Å². The number of likely N-dealkylation sites (tertiary alicyclic amines) is 1. The minimum atomic E-state index is -0.0713. The first-order chi connectivity index (χ1) is 7.16. The van der Waals surface area contributed by atoms with Crippen molar-refractivity contribution in [2.75, 3.05) is 13.1 Å². The molecule has 0 bridgehead atoms. The third-order valence-electron chi connectivity index (χ3n) is 2.97. The summed E-state index contributed by atoms with van der Waals surface area (Å²) < 4.78 is 13.7. The van der Waals surface area contributed by atoms with Crippen LogP contribution in [0.4, 0.5) is 4.39 Å². The van der Waals surface area contributed by atoms with Gasteiger partial charge in [0.15, 0.2) is 0 Å². The van der Waals surface area contributed by atoms with Gasteiger partial charge in [0.2, 0.25) is 0 Å².